The van der Waals surface area contributed by atoms with Gasteiger partial charge in [-0.25, -0.2) is 0 Å². The van der Waals surface area contributed by atoms with Gasteiger partial charge < -0.3 is 10.5 Å². The molecule has 1 rings (SSSR count). The van der Waals surface area contributed by atoms with Crippen molar-refractivity contribution in [2.75, 3.05) is 6.61 Å². The Labute approximate surface area is 106 Å². The molecule has 1 unspecified atom stereocenters. The topological polar surface area (TPSA) is 35.2 Å². The highest BCUT2D eigenvalue weighted by atomic mass is 79.9. The van der Waals surface area contributed by atoms with Gasteiger partial charge >= 0.3 is 0 Å². The first kappa shape index (κ1) is 13.3. The fraction of sp³-hybridized carbons (Fsp3) is 0.385. The molecule has 0 spiro atoms. The largest absolute Gasteiger partial charge is 0.488 e. The highest BCUT2D eigenvalue weighted by molar-refractivity contribution is 9.11. The maximum absolute atomic E-state index is 5.82. The summed E-state index contributed by atoms with van der Waals surface area (Å²) in [5.41, 5.74) is 8.10. The highest BCUT2D eigenvalue weighted by Gasteiger charge is 2.08. The summed E-state index contributed by atoms with van der Waals surface area (Å²) < 4.78 is 6.56. The molecule has 0 aliphatic rings. The minimum absolute atomic E-state index is 0.135. The van der Waals surface area contributed by atoms with Gasteiger partial charge in [-0.3, -0.25) is 0 Å². The molecule has 16 heavy (non-hydrogen) atoms. The first-order valence-electron chi connectivity index (χ1n) is 5.31. The van der Waals surface area contributed by atoms with Crippen LogP contribution in [0.25, 0.3) is 0 Å². The van der Waals surface area contributed by atoms with Crippen LogP contribution in [0.3, 0.4) is 0 Å². The number of benzene rings is 1. The van der Waals surface area contributed by atoms with E-state index in [1.807, 2.05) is 26.0 Å². The van der Waals surface area contributed by atoms with Crippen LogP contribution in [0.5, 0.6) is 5.75 Å². The lowest BCUT2D eigenvalue weighted by atomic mass is 10.0. The average Bonchev–Trinajstić information content (AvgIpc) is 2.15. The molecule has 0 saturated heterocycles. The summed E-state index contributed by atoms with van der Waals surface area (Å²) in [5.74, 6) is 0.931. The highest BCUT2D eigenvalue weighted by Crippen LogP contribution is 2.25. The quantitative estimate of drug-likeness (QED) is 0.901. The third-order valence-corrected chi connectivity index (χ3v) is 2.44. The fourth-order valence-corrected chi connectivity index (χ4v) is 1.69. The van der Waals surface area contributed by atoms with Crippen molar-refractivity contribution in [2.24, 2.45) is 5.73 Å². The molecule has 0 bridgehead atoms. The molecule has 0 aliphatic heterocycles. The van der Waals surface area contributed by atoms with E-state index in [0.29, 0.717) is 6.61 Å². The first-order chi connectivity index (χ1) is 7.50. The minimum atomic E-state index is 0.135. The number of hydrogen-bond donors (Lipinski definition) is 1. The Balaban J connectivity index is 2.89. The summed E-state index contributed by atoms with van der Waals surface area (Å²) in [6.45, 7) is 8.27. The molecular weight excluding hydrogens is 266 g/mol. The molecule has 1 aromatic rings. The van der Waals surface area contributed by atoms with E-state index in [2.05, 4.69) is 28.6 Å². The number of para-hydroxylation sites is 1. The Kier molecular flexibility index (Phi) is 5.03. The van der Waals surface area contributed by atoms with E-state index in [4.69, 9.17) is 10.5 Å². The first-order valence-corrected chi connectivity index (χ1v) is 6.10. The maximum Gasteiger partial charge on any atom is 0.125 e. The van der Waals surface area contributed by atoms with Gasteiger partial charge in [-0.05, 0) is 31.4 Å². The normalized spacial score (nSPS) is 12.2. The second kappa shape index (κ2) is 6.06. The van der Waals surface area contributed by atoms with Gasteiger partial charge in [-0.1, -0.05) is 40.7 Å². The fourth-order valence-electron chi connectivity index (χ4n) is 1.58. The zero-order valence-electron chi connectivity index (χ0n) is 9.79. The number of nitrogens with two attached hydrogens (primary N) is 1. The van der Waals surface area contributed by atoms with Crippen molar-refractivity contribution in [2.45, 2.75) is 26.3 Å². The molecular formula is C13H18BrNO. The summed E-state index contributed by atoms with van der Waals surface area (Å²) in [6.07, 6.45) is 0.825. The van der Waals surface area contributed by atoms with Crippen LogP contribution < -0.4 is 10.5 Å². The number of halogens is 1. The van der Waals surface area contributed by atoms with Crippen molar-refractivity contribution in [3.05, 3.63) is 40.4 Å². The predicted octanol–water partition coefficient (Wildman–Crippen LogP) is 3.17. The summed E-state index contributed by atoms with van der Waals surface area (Å²) in [4.78, 5) is 0. The van der Waals surface area contributed by atoms with E-state index in [9.17, 15) is 0 Å². The molecule has 1 aromatic carbocycles. The molecule has 1 atom stereocenters. The van der Waals surface area contributed by atoms with Crippen LogP contribution in [-0.2, 0) is 6.42 Å². The van der Waals surface area contributed by atoms with Crippen LogP contribution >= 0.6 is 15.9 Å². The maximum atomic E-state index is 5.82. The number of ether oxygens (including phenoxy) is 1. The number of hydrogen-bond acceptors (Lipinski definition) is 2. The van der Waals surface area contributed by atoms with Crippen molar-refractivity contribution in [1.29, 1.82) is 0 Å². The van der Waals surface area contributed by atoms with Crippen LogP contribution in [0.15, 0.2) is 29.3 Å². The lowest BCUT2D eigenvalue weighted by Gasteiger charge is -2.15. The molecule has 0 heterocycles. The van der Waals surface area contributed by atoms with Gasteiger partial charge in [0, 0.05) is 10.5 Å². The molecule has 88 valence electrons. The van der Waals surface area contributed by atoms with Crippen molar-refractivity contribution < 1.29 is 4.74 Å². The number of rotatable bonds is 5. The van der Waals surface area contributed by atoms with E-state index >= 15 is 0 Å². The molecule has 2 nitrogen and oxygen atoms in total. The molecule has 0 aliphatic carbocycles. The Bertz CT molecular complexity index is 374. The summed E-state index contributed by atoms with van der Waals surface area (Å²) in [5, 5.41) is 0. The SMILES string of the molecule is C=C(Br)COc1c(C)cccc1CC(C)N. The van der Waals surface area contributed by atoms with Gasteiger partial charge in [-0.2, -0.15) is 0 Å². The zero-order valence-corrected chi connectivity index (χ0v) is 11.4. The van der Waals surface area contributed by atoms with Gasteiger partial charge in [0.25, 0.3) is 0 Å². The molecule has 0 radical (unpaired) electrons. The third kappa shape index (κ3) is 3.99. The van der Waals surface area contributed by atoms with Gasteiger partial charge in [0.15, 0.2) is 0 Å². The lowest BCUT2D eigenvalue weighted by molar-refractivity contribution is 0.353. The van der Waals surface area contributed by atoms with Crippen molar-refractivity contribution in [3.8, 4) is 5.75 Å². The Hall–Kier alpha value is -0.800. The third-order valence-electron chi connectivity index (χ3n) is 2.21. The summed E-state index contributed by atoms with van der Waals surface area (Å²) in [7, 11) is 0. The second-order valence-electron chi connectivity index (χ2n) is 4.05. The van der Waals surface area contributed by atoms with E-state index in [1.54, 1.807) is 0 Å². The lowest BCUT2D eigenvalue weighted by Crippen LogP contribution is -2.18. The van der Waals surface area contributed by atoms with Gasteiger partial charge in [0.1, 0.15) is 12.4 Å². The predicted molar refractivity (Wildman–Crippen MR) is 72.1 cm³/mol. The van der Waals surface area contributed by atoms with Crippen molar-refractivity contribution >= 4 is 15.9 Å². The van der Waals surface area contributed by atoms with E-state index in [1.165, 1.54) is 0 Å². The van der Waals surface area contributed by atoms with Crippen molar-refractivity contribution in [3.63, 3.8) is 0 Å². The molecule has 2 N–H and O–H groups in total. The van der Waals surface area contributed by atoms with Crippen LogP contribution in [0.4, 0.5) is 0 Å². The Morgan fingerprint density at radius 2 is 2.25 bits per heavy atom. The molecule has 0 amide bonds. The van der Waals surface area contributed by atoms with Crippen molar-refractivity contribution in [1.82, 2.24) is 0 Å². The summed E-state index contributed by atoms with van der Waals surface area (Å²) >= 11 is 3.29. The number of aryl methyl sites for hydroxylation is 1. The second-order valence-corrected chi connectivity index (χ2v) is 5.17. The van der Waals surface area contributed by atoms with E-state index in [0.717, 1.165) is 27.8 Å². The Morgan fingerprint density at radius 1 is 1.56 bits per heavy atom. The monoisotopic (exact) mass is 283 g/mol. The minimum Gasteiger partial charge on any atom is -0.488 e. The smallest absolute Gasteiger partial charge is 0.125 e. The van der Waals surface area contributed by atoms with Gasteiger partial charge in [0.2, 0.25) is 0 Å². The van der Waals surface area contributed by atoms with Gasteiger partial charge in [0.05, 0.1) is 0 Å². The van der Waals surface area contributed by atoms with Crippen LogP contribution in [0.2, 0.25) is 0 Å². The average molecular weight is 284 g/mol. The van der Waals surface area contributed by atoms with Gasteiger partial charge in [-0.15, -0.1) is 0 Å². The zero-order chi connectivity index (χ0) is 12.1. The molecule has 3 heteroatoms. The van der Waals surface area contributed by atoms with Crippen LogP contribution in [-0.4, -0.2) is 12.6 Å². The van der Waals surface area contributed by atoms with E-state index in [-0.39, 0.29) is 6.04 Å². The standard InChI is InChI=1S/C13H18BrNO/c1-9-5-4-6-12(7-11(3)15)13(9)16-8-10(2)14/h4-6,11H,2,7-8,15H2,1,3H3. The Morgan fingerprint density at radius 3 is 2.81 bits per heavy atom. The summed E-state index contributed by atoms with van der Waals surface area (Å²) in [6, 6.07) is 6.26. The molecule has 0 aromatic heterocycles. The molecule has 0 fully saturated rings. The molecule has 0 saturated carbocycles. The van der Waals surface area contributed by atoms with E-state index < -0.39 is 0 Å². The van der Waals surface area contributed by atoms with Crippen LogP contribution in [0, 0.1) is 6.92 Å². The van der Waals surface area contributed by atoms with Crippen LogP contribution in [0.1, 0.15) is 18.1 Å².